The molecule has 0 radical (unpaired) electrons. The number of aryl methyl sites for hydroxylation is 1. The van der Waals surface area contributed by atoms with Gasteiger partial charge in [0, 0.05) is 17.5 Å². The van der Waals surface area contributed by atoms with Crippen LogP contribution in [0.25, 0.3) is 10.9 Å². The third-order valence-electron chi connectivity index (χ3n) is 5.58. The molecule has 0 bridgehead atoms. The number of pyridine rings is 1. The van der Waals surface area contributed by atoms with E-state index in [2.05, 4.69) is 24.1 Å². The molecule has 0 saturated heterocycles. The van der Waals surface area contributed by atoms with E-state index in [1.54, 1.807) is 19.1 Å². The number of esters is 1. The highest BCUT2D eigenvalue weighted by molar-refractivity contribution is 5.96. The van der Waals surface area contributed by atoms with Crippen LogP contribution in [0.2, 0.25) is 0 Å². The number of nitrogens with one attached hydrogen (secondary N) is 1. The van der Waals surface area contributed by atoms with Crippen LogP contribution in [-0.4, -0.2) is 29.5 Å². The van der Waals surface area contributed by atoms with Gasteiger partial charge >= 0.3 is 5.97 Å². The number of hydrogen-bond acceptors (Lipinski definition) is 4. The van der Waals surface area contributed by atoms with Crippen molar-refractivity contribution in [2.45, 2.75) is 46.1 Å². The zero-order valence-corrected chi connectivity index (χ0v) is 15.9. The number of benzene rings is 1. The van der Waals surface area contributed by atoms with Crippen molar-refractivity contribution in [3.63, 3.8) is 0 Å². The maximum absolute atomic E-state index is 13.3. The van der Waals surface area contributed by atoms with E-state index in [9.17, 15) is 14.0 Å². The largest absolute Gasteiger partial charge is 0.452 e. The van der Waals surface area contributed by atoms with Gasteiger partial charge in [0.05, 0.1) is 16.8 Å². The number of halogens is 1. The quantitative estimate of drug-likeness (QED) is 0.830. The van der Waals surface area contributed by atoms with Crippen LogP contribution < -0.4 is 5.32 Å². The Labute approximate surface area is 158 Å². The summed E-state index contributed by atoms with van der Waals surface area (Å²) in [5, 5.41) is 3.62. The zero-order valence-electron chi connectivity index (χ0n) is 15.9. The number of carbonyl (C=O) groups excluding carboxylic acids is 2. The first-order chi connectivity index (χ1) is 12.8. The van der Waals surface area contributed by atoms with E-state index in [1.807, 2.05) is 0 Å². The number of amides is 1. The van der Waals surface area contributed by atoms with Crippen LogP contribution in [0.3, 0.4) is 0 Å². The zero-order chi connectivity index (χ0) is 19.6. The molecule has 6 heteroatoms. The fourth-order valence-corrected chi connectivity index (χ4v) is 3.69. The van der Waals surface area contributed by atoms with Crippen LogP contribution in [0.15, 0.2) is 24.3 Å². The topological polar surface area (TPSA) is 68.3 Å². The first-order valence-electron chi connectivity index (χ1n) is 9.38. The molecule has 0 aliphatic heterocycles. The lowest BCUT2D eigenvalue weighted by atomic mass is 9.78. The predicted octanol–water partition coefficient (Wildman–Crippen LogP) is 3.78. The maximum Gasteiger partial charge on any atom is 0.340 e. The summed E-state index contributed by atoms with van der Waals surface area (Å²) in [6.07, 6.45) is 3.23. The summed E-state index contributed by atoms with van der Waals surface area (Å²) in [6, 6.07) is 5.93. The number of carbonyl (C=O) groups is 2. The maximum atomic E-state index is 13.3. The SMILES string of the molecule is Cc1nc2cc(F)ccc2cc1C(=O)OCC(=O)N[C@@H]1CCC[C@@H](C)[C@@H]1C. The average Bonchev–Trinajstić information content (AvgIpc) is 2.63. The summed E-state index contributed by atoms with van der Waals surface area (Å²) in [7, 11) is 0. The van der Waals surface area contributed by atoms with Gasteiger partial charge in [0.15, 0.2) is 6.61 Å². The lowest BCUT2D eigenvalue weighted by Crippen LogP contribution is -2.45. The van der Waals surface area contributed by atoms with Crippen molar-refractivity contribution in [1.29, 1.82) is 0 Å². The number of nitrogens with zero attached hydrogens (tertiary/aromatic N) is 1. The summed E-state index contributed by atoms with van der Waals surface area (Å²) in [6.45, 7) is 5.68. The van der Waals surface area contributed by atoms with Crippen molar-refractivity contribution in [1.82, 2.24) is 10.3 Å². The Bertz CT molecular complexity index is 868. The van der Waals surface area contributed by atoms with E-state index in [4.69, 9.17) is 4.74 Å². The predicted molar refractivity (Wildman–Crippen MR) is 101 cm³/mol. The van der Waals surface area contributed by atoms with Gasteiger partial charge in [0.2, 0.25) is 0 Å². The molecule has 0 unspecified atom stereocenters. The second kappa shape index (κ2) is 8.03. The normalized spacial score (nSPS) is 22.4. The fourth-order valence-electron chi connectivity index (χ4n) is 3.69. The Morgan fingerprint density at radius 3 is 2.81 bits per heavy atom. The van der Waals surface area contributed by atoms with E-state index in [0.29, 0.717) is 28.4 Å². The summed E-state index contributed by atoms with van der Waals surface area (Å²) in [5.74, 6) is -0.296. The van der Waals surface area contributed by atoms with Gasteiger partial charge in [-0.05, 0) is 43.4 Å². The molecule has 1 fully saturated rings. The highest BCUT2D eigenvalue weighted by Gasteiger charge is 2.28. The van der Waals surface area contributed by atoms with Crippen molar-refractivity contribution < 1.29 is 18.7 Å². The minimum Gasteiger partial charge on any atom is -0.452 e. The standard InChI is InChI=1S/C21H25FN2O3/c1-12-5-4-6-18(13(12)2)24-20(25)11-27-21(26)17-9-15-7-8-16(22)10-19(15)23-14(17)3/h7-10,12-13,18H,4-6,11H2,1-3H3,(H,24,25)/t12-,13+,18-/m1/s1. The first kappa shape index (κ1) is 19.3. The van der Waals surface area contributed by atoms with Crippen molar-refractivity contribution in [2.75, 3.05) is 6.61 Å². The van der Waals surface area contributed by atoms with Gasteiger partial charge in [-0.3, -0.25) is 9.78 Å². The van der Waals surface area contributed by atoms with Gasteiger partial charge in [-0.2, -0.15) is 0 Å². The smallest absolute Gasteiger partial charge is 0.340 e. The van der Waals surface area contributed by atoms with Gasteiger partial charge in [-0.25, -0.2) is 9.18 Å². The lowest BCUT2D eigenvalue weighted by Gasteiger charge is -2.34. The molecule has 1 aromatic heterocycles. The summed E-state index contributed by atoms with van der Waals surface area (Å²) < 4.78 is 18.5. The lowest BCUT2D eigenvalue weighted by molar-refractivity contribution is -0.125. The van der Waals surface area contributed by atoms with E-state index in [0.717, 1.165) is 12.8 Å². The number of hydrogen-bond donors (Lipinski definition) is 1. The molecule has 1 aromatic carbocycles. The van der Waals surface area contributed by atoms with E-state index in [1.165, 1.54) is 18.6 Å². The molecule has 2 aromatic rings. The molecule has 1 N–H and O–H groups in total. The minimum absolute atomic E-state index is 0.124. The molecule has 1 aliphatic carbocycles. The van der Waals surface area contributed by atoms with Gasteiger partial charge in [0.25, 0.3) is 5.91 Å². The van der Waals surface area contributed by atoms with Crippen molar-refractivity contribution in [3.05, 3.63) is 41.3 Å². The third-order valence-corrected chi connectivity index (χ3v) is 5.58. The molecule has 27 heavy (non-hydrogen) atoms. The highest BCUT2D eigenvalue weighted by atomic mass is 19.1. The average molecular weight is 372 g/mol. The molecule has 3 rings (SSSR count). The highest BCUT2D eigenvalue weighted by Crippen LogP contribution is 2.29. The van der Waals surface area contributed by atoms with E-state index >= 15 is 0 Å². The first-order valence-corrected chi connectivity index (χ1v) is 9.38. The minimum atomic E-state index is -0.605. The molecule has 1 heterocycles. The van der Waals surface area contributed by atoms with Crippen LogP contribution >= 0.6 is 0 Å². The summed E-state index contributed by atoms with van der Waals surface area (Å²) in [5.41, 5.74) is 1.19. The Kier molecular flexibility index (Phi) is 5.73. The molecule has 3 atom stereocenters. The molecular weight excluding hydrogens is 347 g/mol. The number of ether oxygens (including phenoxy) is 1. The Balaban J connectivity index is 1.62. The van der Waals surface area contributed by atoms with Gasteiger partial charge in [-0.1, -0.05) is 26.7 Å². The number of fused-ring (bicyclic) bond motifs is 1. The van der Waals surface area contributed by atoms with Crippen LogP contribution in [0.1, 0.15) is 49.2 Å². The van der Waals surface area contributed by atoms with Gasteiger partial charge in [-0.15, -0.1) is 0 Å². The fraction of sp³-hybridized carbons (Fsp3) is 0.476. The molecule has 1 aliphatic rings. The molecule has 144 valence electrons. The number of aromatic nitrogens is 1. The molecular formula is C21H25FN2O3. The van der Waals surface area contributed by atoms with E-state index in [-0.39, 0.29) is 29.9 Å². The summed E-state index contributed by atoms with van der Waals surface area (Å²) in [4.78, 5) is 28.8. The monoisotopic (exact) mass is 372 g/mol. The van der Waals surface area contributed by atoms with Crippen molar-refractivity contribution >= 4 is 22.8 Å². The van der Waals surface area contributed by atoms with Gasteiger partial charge < -0.3 is 10.1 Å². The van der Waals surface area contributed by atoms with Crippen LogP contribution in [0, 0.1) is 24.6 Å². The summed E-state index contributed by atoms with van der Waals surface area (Å²) >= 11 is 0. The Hall–Kier alpha value is -2.50. The molecule has 0 spiro atoms. The van der Waals surface area contributed by atoms with Crippen LogP contribution in [0.4, 0.5) is 4.39 Å². The van der Waals surface area contributed by atoms with Crippen LogP contribution in [0.5, 0.6) is 0 Å². The second-order valence-corrected chi connectivity index (χ2v) is 7.48. The second-order valence-electron chi connectivity index (χ2n) is 7.48. The van der Waals surface area contributed by atoms with Crippen molar-refractivity contribution in [2.24, 2.45) is 11.8 Å². The molecule has 5 nitrogen and oxygen atoms in total. The van der Waals surface area contributed by atoms with Crippen LogP contribution in [-0.2, 0) is 9.53 Å². The van der Waals surface area contributed by atoms with Gasteiger partial charge in [0.1, 0.15) is 5.82 Å². The molecule has 1 amide bonds. The van der Waals surface area contributed by atoms with Crippen molar-refractivity contribution in [3.8, 4) is 0 Å². The number of rotatable bonds is 4. The third kappa shape index (κ3) is 4.43. The Morgan fingerprint density at radius 2 is 2.04 bits per heavy atom. The van der Waals surface area contributed by atoms with E-state index < -0.39 is 5.97 Å². The molecule has 1 saturated carbocycles. The Morgan fingerprint density at radius 1 is 1.26 bits per heavy atom.